The number of hydrogen-bond donors (Lipinski definition) is 0. The minimum Gasteiger partial charge on any atom is -0.464 e. The largest absolute Gasteiger partial charge is 0.464 e. The van der Waals surface area contributed by atoms with Gasteiger partial charge in [-0.3, -0.25) is 4.79 Å². The molecule has 29 heavy (non-hydrogen) atoms. The van der Waals surface area contributed by atoms with Crippen LogP contribution in [0.2, 0.25) is 0 Å². The van der Waals surface area contributed by atoms with Crippen molar-refractivity contribution in [2.24, 2.45) is 0 Å². The molecule has 0 saturated heterocycles. The van der Waals surface area contributed by atoms with E-state index in [1.165, 1.54) is 4.31 Å². The van der Waals surface area contributed by atoms with Gasteiger partial charge in [-0.15, -0.1) is 0 Å². The fourth-order valence-corrected chi connectivity index (χ4v) is 4.46. The van der Waals surface area contributed by atoms with Gasteiger partial charge in [0.2, 0.25) is 15.9 Å². The van der Waals surface area contributed by atoms with Gasteiger partial charge in [0.25, 0.3) is 0 Å². The number of benzene rings is 1. The summed E-state index contributed by atoms with van der Waals surface area (Å²) >= 11 is 0. The molecule has 0 aliphatic heterocycles. The normalized spacial score (nSPS) is 12.0. The monoisotopic (exact) mass is 422 g/mol. The van der Waals surface area contributed by atoms with E-state index in [1.807, 2.05) is 26.0 Å². The van der Waals surface area contributed by atoms with Crippen LogP contribution >= 0.6 is 0 Å². The third kappa shape index (κ3) is 6.16. The Hall–Kier alpha value is -2.16. The second-order valence-electron chi connectivity index (χ2n) is 7.28. The molecule has 0 fully saturated rings. The summed E-state index contributed by atoms with van der Waals surface area (Å²) in [6, 6.07) is 9.90. The molecule has 1 aromatic heterocycles. The van der Waals surface area contributed by atoms with Gasteiger partial charge in [0, 0.05) is 19.7 Å². The minimum absolute atomic E-state index is 0.176. The van der Waals surface area contributed by atoms with E-state index in [2.05, 4.69) is 0 Å². The number of sulfonamides is 1. The Balaban J connectivity index is 2.23. The maximum absolute atomic E-state index is 13.1. The third-order valence-electron chi connectivity index (χ3n) is 4.56. The Kier molecular flexibility index (Phi) is 8.01. The first-order valence-electron chi connectivity index (χ1n) is 9.55. The van der Waals surface area contributed by atoms with Crippen molar-refractivity contribution in [3.05, 3.63) is 53.5 Å². The summed E-state index contributed by atoms with van der Waals surface area (Å²) in [5, 5.41) is 0. The summed E-state index contributed by atoms with van der Waals surface area (Å²) in [5.41, 5.74) is 0.968. The average molecular weight is 423 g/mol. The maximum Gasteiger partial charge on any atom is 0.243 e. The highest BCUT2D eigenvalue weighted by molar-refractivity contribution is 7.89. The lowest BCUT2D eigenvalue weighted by molar-refractivity contribution is -0.133. The zero-order valence-electron chi connectivity index (χ0n) is 17.7. The van der Waals surface area contributed by atoms with Crippen LogP contribution in [0.15, 0.2) is 45.7 Å². The number of aryl methyl sites for hydroxylation is 2. The Morgan fingerprint density at radius 1 is 1.10 bits per heavy atom. The van der Waals surface area contributed by atoms with Gasteiger partial charge in [-0.2, -0.15) is 4.31 Å². The highest BCUT2D eigenvalue weighted by atomic mass is 32.2. The predicted molar refractivity (Wildman–Crippen MR) is 111 cm³/mol. The molecular formula is C21H30N2O5S. The molecule has 2 aromatic rings. The number of rotatable bonds is 10. The van der Waals surface area contributed by atoms with E-state index in [0.29, 0.717) is 18.9 Å². The first kappa shape index (κ1) is 23.1. The van der Waals surface area contributed by atoms with Crippen molar-refractivity contribution in [1.29, 1.82) is 0 Å². The Morgan fingerprint density at radius 3 is 2.28 bits per heavy atom. The number of amides is 1. The van der Waals surface area contributed by atoms with Crippen molar-refractivity contribution in [2.45, 2.75) is 45.2 Å². The molecule has 0 radical (unpaired) electrons. The van der Waals surface area contributed by atoms with E-state index in [-0.39, 0.29) is 29.9 Å². The van der Waals surface area contributed by atoms with Crippen LogP contribution in [0.3, 0.4) is 0 Å². The SMILES string of the molecule is COCCN(Cc1ccc(C)o1)C(=O)CN(C(C)C)S(=O)(=O)c1ccc(C)cc1. The van der Waals surface area contributed by atoms with E-state index in [4.69, 9.17) is 9.15 Å². The first-order chi connectivity index (χ1) is 13.6. The van der Waals surface area contributed by atoms with Crippen molar-refractivity contribution in [1.82, 2.24) is 9.21 Å². The topological polar surface area (TPSA) is 80.1 Å². The number of methoxy groups -OCH3 is 1. The number of furan rings is 1. The Labute approximate surface area is 173 Å². The van der Waals surface area contributed by atoms with Gasteiger partial charge in [-0.1, -0.05) is 17.7 Å². The molecule has 1 amide bonds. The molecule has 0 spiro atoms. The van der Waals surface area contributed by atoms with E-state index < -0.39 is 10.0 Å². The molecule has 0 saturated carbocycles. The second-order valence-corrected chi connectivity index (χ2v) is 9.17. The van der Waals surface area contributed by atoms with Gasteiger partial charge in [0.15, 0.2) is 0 Å². The number of hydrogen-bond acceptors (Lipinski definition) is 5. The minimum atomic E-state index is -3.80. The standard InChI is InChI=1S/C21H30N2O5S/c1-16(2)23(29(25,26)20-10-6-17(3)7-11-20)15-21(24)22(12-13-27-5)14-19-9-8-18(4)28-19/h6-11,16H,12-15H2,1-5H3. The van der Waals surface area contributed by atoms with Crippen LogP contribution in [0.4, 0.5) is 0 Å². The van der Waals surface area contributed by atoms with E-state index in [1.54, 1.807) is 50.1 Å². The van der Waals surface area contributed by atoms with Crippen LogP contribution in [-0.4, -0.2) is 56.4 Å². The summed E-state index contributed by atoms with van der Waals surface area (Å²) < 4.78 is 38.2. The van der Waals surface area contributed by atoms with Gasteiger partial charge in [-0.25, -0.2) is 8.42 Å². The average Bonchev–Trinajstić information content (AvgIpc) is 3.07. The van der Waals surface area contributed by atoms with Crippen LogP contribution in [-0.2, 0) is 26.1 Å². The van der Waals surface area contributed by atoms with Crippen LogP contribution in [0.1, 0.15) is 30.9 Å². The van der Waals surface area contributed by atoms with Crippen molar-refractivity contribution >= 4 is 15.9 Å². The highest BCUT2D eigenvalue weighted by Crippen LogP contribution is 2.19. The number of nitrogens with zero attached hydrogens (tertiary/aromatic N) is 2. The van der Waals surface area contributed by atoms with Crippen LogP contribution in [0.5, 0.6) is 0 Å². The van der Waals surface area contributed by atoms with Gasteiger partial charge in [-0.05, 0) is 52.0 Å². The van der Waals surface area contributed by atoms with Gasteiger partial charge < -0.3 is 14.1 Å². The fourth-order valence-electron chi connectivity index (χ4n) is 2.88. The van der Waals surface area contributed by atoms with E-state index in [9.17, 15) is 13.2 Å². The molecule has 7 nitrogen and oxygen atoms in total. The zero-order valence-corrected chi connectivity index (χ0v) is 18.5. The molecule has 0 unspecified atom stereocenters. The number of ether oxygens (including phenoxy) is 1. The van der Waals surface area contributed by atoms with Crippen molar-refractivity contribution in [2.75, 3.05) is 26.8 Å². The van der Waals surface area contributed by atoms with Gasteiger partial charge >= 0.3 is 0 Å². The number of carbonyl (C=O) groups is 1. The molecule has 0 aliphatic rings. The van der Waals surface area contributed by atoms with E-state index in [0.717, 1.165) is 11.3 Å². The number of carbonyl (C=O) groups excluding carboxylic acids is 1. The summed E-state index contributed by atoms with van der Waals surface area (Å²) in [6.07, 6.45) is 0. The second kappa shape index (κ2) is 10.0. The zero-order chi connectivity index (χ0) is 21.6. The molecule has 0 N–H and O–H groups in total. The molecule has 2 rings (SSSR count). The molecule has 8 heteroatoms. The molecule has 1 heterocycles. The van der Waals surface area contributed by atoms with Gasteiger partial charge in [0.05, 0.1) is 24.6 Å². The van der Waals surface area contributed by atoms with Crippen LogP contribution in [0, 0.1) is 13.8 Å². The fraction of sp³-hybridized carbons (Fsp3) is 0.476. The third-order valence-corrected chi connectivity index (χ3v) is 6.59. The molecule has 0 atom stereocenters. The smallest absolute Gasteiger partial charge is 0.243 e. The van der Waals surface area contributed by atoms with Crippen LogP contribution in [0.25, 0.3) is 0 Å². The lowest BCUT2D eigenvalue weighted by Crippen LogP contribution is -2.46. The van der Waals surface area contributed by atoms with Gasteiger partial charge in [0.1, 0.15) is 11.5 Å². The molecule has 1 aromatic carbocycles. The summed E-state index contributed by atoms with van der Waals surface area (Å²) in [4.78, 5) is 14.8. The lowest BCUT2D eigenvalue weighted by atomic mass is 10.2. The van der Waals surface area contributed by atoms with Crippen molar-refractivity contribution in [3.8, 4) is 0 Å². The highest BCUT2D eigenvalue weighted by Gasteiger charge is 2.30. The molecule has 0 bridgehead atoms. The van der Waals surface area contributed by atoms with E-state index >= 15 is 0 Å². The molecule has 0 aliphatic carbocycles. The van der Waals surface area contributed by atoms with Crippen molar-refractivity contribution < 1.29 is 22.4 Å². The Bertz CT molecular complexity index is 903. The lowest BCUT2D eigenvalue weighted by Gasteiger charge is -2.29. The van der Waals surface area contributed by atoms with Crippen LogP contribution < -0.4 is 0 Å². The summed E-state index contributed by atoms with van der Waals surface area (Å²) in [5.74, 6) is 1.09. The Morgan fingerprint density at radius 2 is 1.76 bits per heavy atom. The predicted octanol–water partition coefficient (Wildman–Crippen LogP) is 2.97. The first-order valence-corrected chi connectivity index (χ1v) is 11.0. The summed E-state index contributed by atoms with van der Waals surface area (Å²) in [7, 11) is -2.25. The molecule has 160 valence electrons. The maximum atomic E-state index is 13.1. The summed E-state index contributed by atoms with van der Waals surface area (Å²) in [6.45, 7) is 7.93. The quantitative estimate of drug-likeness (QED) is 0.588. The van der Waals surface area contributed by atoms with Crippen molar-refractivity contribution in [3.63, 3.8) is 0 Å². The molecular weight excluding hydrogens is 392 g/mol.